The average molecular weight is 440 g/mol. The van der Waals surface area contributed by atoms with E-state index in [4.69, 9.17) is 4.74 Å². The molecule has 0 atom stereocenters. The largest absolute Gasteiger partial charge is 0.497 e. The van der Waals surface area contributed by atoms with E-state index in [0.717, 1.165) is 28.5 Å². The van der Waals surface area contributed by atoms with Crippen LogP contribution in [0.4, 0.5) is 20.3 Å². The average Bonchev–Trinajstić information content (AvgIpc) is 2.86. The number of fused-ring (bicyclic) bond motifs is 1. The van der Waals surface area contributed by atoms with Crippen molar-refractivity contribution in [2.75, 3.05) is 12.4 Å². The Morgan fingerprint density at radius 1 is 0.818 bits per heavy atom. The van der Waals surface area contributed by atoms with Crippen LogP contribution >= 0.6 is 0 Å². The lowest BCUT2D eigenvalue weighted by Crippen LogP contribution is -2.01. The lowest BCUT2D eigenvalue weighted by molar-refractivity contribution is 0.415. The van der Waals surface area contributed by atoms with Crippen LogP contribution in [-0.4, -0.2) is 22.1 Å². The molecular weight excluding hydrogens is 422 g/mol. The van der Waals surface area contributed by atoms with Crippen molar-refractivity contribution < 1.29 is 13.5 Å². The van der Waals surface area contributed by atoms with E-state index in [9.17, 15) is 8.78 Å². The normalized spacial score (nSPS) is 10.9. The van der Waals surface area contributed by atoms with Crippen LogP contribution in [0.25, 0.3) is 33.4 Å². The number of nitrogens with zero attached hydrogens (tertiary/aromatic N) is 3. The van der Waals surface area contributed by atoms with E-state index < -0.39 is 11.6 Å². The molecular formula is C26H18F2N4O. The van der Waals surface area contributed by atoms with Gasteiger partial charge in [-0.15, -0.1) is 0 Å². The number of hydrogen-bond donors (Lipinski definition) is 1. The summed E-state index contributed by atoms with van der Waals surface area (Å²) in [5.74, 6) is 0.210. The van der Waals surface area contributed by atoms with Crippen LogP contribution in [0.3, 0.4) is 0 Å². The van der Waals surface area contributed by atoms with Gasteiger partial charge in [-0.1, -0.05) is 18.2 Å². The van der Waals surface area contributed by atoms with Gasteiger partial charge in [0.15, 0.2) is 5.82 Å². The molecule has 5 nitrogen and oxygen atoms in total. The number of rotatable bonds is 5. The van der Waals surface area contributed by atoms with E-state index in [1.165, 1.54) is 12.1 Å². The number of pyridine rings is 1. The Labute approximate surface area is 188 Å². The summed E-state index contributed by atoms with van der Waals surface area (Å²) in [6.07, 6.45) is 3.33. The number of halogens is 2. The van der Waals surface area contributed by atoms with Gasteiger partial charge in [-0.2, -0.15) is 0 Å². The summed E-state index contributed by atoms with van der Waals surface area (Å²) in [4.78, 5) is 13.5. The van der Waals surface area contributed by atoms with Gasteiger partial charge in [0.05, 0.1) is 18.3 Å². The number of ether oxygens (including phenoxy) is 1. The molecule has 0 fully saturated rings. The van der Waals surface area contributed by atoms with Gasteiger partial charge in [0.1, 0.15) is 23.2 Å². The maximum Gasteiger partial charge on any atom is 0.163 e. The summed E-state index contributed by atoms with van der Waals surface area (Å²) in [5.41, 5.74) is 3.37. The van der Waals surface area contributed by atoms with Gasteiger partial charge in [0.25, 0.3) is 0 Å². The molecule has 0 radical (unpaired) electrons. The zero-order valence-corrected chi connectivity index (χ0v) is 17.6. The fourth-order valence-corrected chi connectivity index (χ4v) is 3.55. The van der Waals surface area contributed by atoms with Crippen LogP contribution in [0, 0.1) is 11.6 Å². The molecule has 3 aromatic carbocycles. The quantitative estimate of drug-likeness (QED) is 0.343. The first-order valence-electron chi connectivity index (χ1n) is 10.2. The fourth-order valence-electron chi connectivity index (χ4n) is 3.55. The number of methoxy groups -OCH3 is 1. The molecule has 33 heavy (non-hydrogen) atoms. The number of aromatic nitrogens is 3. The van der Waals surface area contributed by atoms with Gasteiger partial charge in [-0.05, 0) is 59.7 Å². The predicted molar refractivity (Wildman–Crippen MR) is 124 cm³/mol. The van der Waals surface area contributed by atoms with Crippen molar-refractivity contribution in [1.29, 1.82) is 0 Å². The molecule has 0 saturated heterocycles. The Hall–Kier alpha value is -4.39. The number of nitrogens with one attached hydrogen (secondary N) is 1. The van der Waals surface area contributed by atoms with Crippen molar-refractivity contribution in [3.05, 3.63) is 96.8 Å². The molecule has 162 valence electrons. The zero-order chi connectivity index (χ0) is 22.8. The Morgan fingerprint density at radius 3 is 2.45 bits per heavy atom. The predicted octanol–water partition coefficient (Wildman–Crippen LogP) is 6.39. The topological polar surface area (TPSA) is 59.9 Å². The van der Waals surface area contributed by atoms with Crippen LogP contribution in [0.2, 0.25) is 0 Å². The second kappa shape index (κ2) is 8.63. The van der Waals surface area contributed by atoms with Crippen LogP contribution in [0.15, 0.2) is 85.2 Å². The molecule has 5 aromatic rings. The second-order valence-corrected chi connectivity index (χ2v) is 7.35. The van der Waals surface area contributed by atoms with Gasteiger partial charge in [0, 0.05) is 29.4 Å². The monoisotopic (exact) mass is 440 g/mol. The standard InChI is InChI=1S/C26H18F2N4O/c1-33-20-6-2-4-16(12-20)17-7-9-23-21(13-17)26(31-24-10-8-19(27)14-22(24)28)32-25(30-23)18-5-3-11-29-15-18/h2-15H,1H3,(H,30,31,32). The smallest absolute Gasteiger partial charge is 0.163 e. The number of hydrogen-bond acceptors (Lipinski definition) is 5. The van der Waals surface area contributed by atoms with Crippen LogP contribution in [0.5, 0.6) is 5.75 Å². The summed E-state index contributed by atoms with van der Waals surface area (Å²) < 4.78 is 33.2. The lowest BCUT2D eigenvalue weighted by atomic mass is 10.0. The van der Waals surface area contributed by atoms with E-state index in [2.05, 4.69) is 20.3 Å². The van der Waals surface area contributed by atoms with E-state index in [0.29, 0.717) is 22.5 Å². The van der Waals surface area contributed by atoms with Crippen LogP contribution in [0.1, 0.15) is 0 Å². The van der Waals surface area contributed by atoms with Crippen molar-refractivity contribution >= 4 is 22.4 Å². The Kier molecular flexibility index (Phi) is 5.36. The minimum absolute atomic E-state index is 0.111. The van der Waals surface area contributed by atoms with Crippen molar-refractivity contribution in [1.82, 2.24) is 15.0 Å². The maximum absolute atomic E-state index is 14.4. The van der Waals surface area contributed by atoms with Gasteiger partial charge < -0.3 is 10.1 Å². The lowest BCUT2D eigenvalue weighted by Gasteiger charge is -2.13. The van der Waals surface area contributed by atoms with E-state index in [1.807, 2.05) is 48.5 Å². The summed E-state index contributed by atoms with van der Waals surface area (Å²) in [6.45, 7) is 0. The molecule has 0 spiro atoms. The summed E-state index contributed by atoms with van der Waals surface area (Å²) >= 11 is 0. The number of anilines is 2. The zero-order valence-electron chi connectivity index (χ0n) is 17.6. The molecule has 0 bridgehead atoms. The highest BCUT2D eigenvalue weighted by molar-refractivity contribution is 5.95. The van der Waals surface area contributed by atoms with E-state index >= 15 is 0 Å². The van der Waals surface area contributed by atoms with Gasteiger partial charge >= 0.3 is 0 Å². The molecule has 7 heteroatoms. The minimum Gasteiger partial charge on any atom is -0.497 e. The first-order chi connectivity index (χ1) is 16.1. The molecule has 2 heterocycles. The first kappa shape index (κ1) is 20.5. The minimum atomic E-state index is -0.714. The third kappa shape index (κ3) is 4.21. The summed E-state index contributed by atoms with van der Waals surface area (Å²) in [7, 11) is 1.62. The SMILES string of the molecule is COc1cccc(-c2ccc3nc(-c4cccnc4)nc(Nc4ccc(F)cc4F)c3c2)c1. The highest BCUT2D eigenvalue weighted by Gasteiger charge is 2.14. The van der Waals surface area contributed by atoms with Crippen molar-refractivity contribution in [3.8, 4) is 28.3 Å². The van der Waals surface area contributed by atoms with Gasteiger partial charge in [-0.25, -0.2) is 18.7 Å². The summed E-state index contributed by atoms with van der Waals surface area (Å²) in [5, 5.41) is 3.70. The van der Waals surface area contributed by atoms with Crippen LogP contribution in [-0.2, 0) is 0 Å². The Balaban J connectivity index is 1.68. The fraction of sp³-hybridized carbons (Fsp3) is 0.0385. The Bertz CT molecular complexity index is 1460. The summed E-state index contributed by atoms with van der Waals surface area (Å²) in [6, 6.07) is 20.5. The first-order valence-corrected chi connectivity index (χ1v) is 10.2. The van der Waals surface area contributed by atoms with Gasteiger partial charge in [-0.3, -0.25) is 4.98 Å². The highest BCUT2D eigenvalue weighted by Crippen LogP contribution is 2.32. The second-order valence-electron chi connectivity index (χ2n) is 7.35. The third-order valence-corrected chi connectivity index (χ3v) is 5.20. The van der Waals surface area contributed by atoms with Crippen molar-refractivity contribution in [3.63, 3.8) is 0 Å². The van der Waals surface area contributed by atoms with Crippen molar-refractivity contribution in [2.24, 2.45) is 0 Å². The van der Waals surface area contributed by atoms with Gasteiger partial charge in [0.2, 0.25) is 0 Å². The molecule has 5 rings (SSSR count). The van der Waals surface area contributed by atoms with E-state index in [1.54, 1.807) is 25.6 Å². The van der Waals surface area contributed by atoms with Crippen molar-refractivity contribution in [2.45, 2.75) is 0 Å². The third-order valence-electron chi connectivity index (χ3n) is 5.20. The molecule has 1 N–H and O–H groups in total. The molecule has 2 aromatic heterocycles. The van der Waals surface area contributed by atoms with Crippen LogP contribution < -0.4 is 10.1 Å². The maximum atomic E-state index is 14.4. The highest BCUT2D eigenvalue weighted by atomic mass is 19.1. The molecule has 0 saturated carbocycles. The number of benzene rings is 3. The van der Waals surface area contributed by atoms with E-state index in [-0.39, 0.29) is 5.69 Å². The Morgan fingerprint density at radius 2 is 1.67 bits per heavy atom. The molecule has 0 aliphatic carbocycles. The molecule has 0 amide bonds. The molecule has 0 unspecified atom stereocenters. The molecule has 0 aliphatic heterocycles. The molecule has 0 aliphatic rings.